The van der Waals surface area contributed by atoms with Gasteiger partial charge in [-0.15, -0.1) is 0 Å². The average Bonchev–Trinajstić information content (AvgIpc) is 3.18. The van der Waals surface area contributed by atoms with Crippen molar-refractivity contribution in [1.29, 1.82) is 0 Å². The average molecular weight is 558 g/mol. The first-order valence-electron chi connectivity index (χ1n) is 12.1. The first-order valence-corrected chi connectivity index (χ1v) is 17.3. The van der Waals surface area contributed by atoms with E-state index in [4.69, 9.17) is 27.6 Å². The highest BCUT2D eigenvalue weighted by Gasteiger charge is 2.41. The first-order chi connectivity index (χ1) is 16.2. The Hall–Kier alpha value is -0.933. The highest BCUT2D eigenvalue weighted by atomic mass is 35.5. The molecule has 1 fully saturated rings. The number of nitrogens with zero attached hydrogens (tertiary/aromatic N) is 1. The van der Waals surface area contributed by atoms with Gasteiger partial charge in [0.15, 0.2) is 8.32 Å². The van der Waals surface area contributed by atoms with Gasteiger partial charge in [0.2, 0.25) is 10.0 Å². The van der Waals surface area contributed by atoms with Crippen LogP contribution in [0.4, 0.5) is 0 Å². The fraction of sp³-hybridized carbons (Fsp3) is 0.538. The number of rotatable bonds is 9. The molecule has 2 aromatic rings. The number of halogens is 2. The minimum atomic E-state index is -3.73. The molecule has 194 valence electrons. The second-order valence-electron chi connectivity index (χ2n) is 11.0. The van der Waals surface area contributed by atoms with Gasteiger partial charge >= 0.3 is 0 Å². The maximum absolute atomic E-state index is 13.4. The molecule has 1 aliphatic rings. The lowest BCUT2D eigenvalue weighted by Gasteiger charge is -2.38. The molecule has 35 heavy (non-hydrogen) atoms. The summed E-state index contributed by atoms with van der Waals surface area (Å²) in [6.07, 6.45) is 1.13. The second kappa shape index (κ2) is 11.2. The molecule has 0 aromatic heterocycles. The minimum absolute atomic E-state index is 0.154. The van der Waals surface area contributed by atoms with Crippen LogP contribution >= 0.6 is 23.2 Å². The van der Waals surface area contributed by atoms with Crippen LogP contribution in [0.5, 0.6) is 0 Å². The van der Waals surface area contributed by atoms with Gasteiger partial charge in [0.05, 0.1) is 17.4 Å². The van der Waals surface area contributed by atoms with Crippen LogP contribution in [0.3, 0.4) is 0 Å². The zero-order valence-corrected chi connectivity index (χ0v) is 24.8. The molecule has 9 heteroatoms. The number of nitrogens with one attached hydrogen (secondary N) is 1. The molecule has 1 saturated heterocycles. The van der Waals surface area contributed by atoms with Gasteiger partial charge in [-0.25, -0.2) is 13.1 Å². The Morgan fingerprint density at radius 3 is 2.40 bits per heavy atom. The molecular formula is C26H38Cl2N2O3SSi. The van der Waals surface area contributed by atoms with E-state index in [0.29, 0.717) is 22.2 Å². The molecular weight excluding hydrogens is 519 g/mol. The molecule has 0 radical (unpaired) electrons. The third-order valence-electron chi connectivity index (χ3n) is 7.31. The van der Waals surface area contributed by atoms with Crippen molar-refractivity contribution in [1.82, 2.24) is 9.62 Å². The van der Waals surface area contributed by atoms with E-state index in [9.17, 15) is 8.42 Å². The molecule has 3 rings (SSSR count). The van der Waals surface area contributed by atoms with Gasteiger partial charge in [0.25, 0.3) is 0 Å². The van der Waals surface area contributed by atoms with Crippen LogP contribution in [-0.2, 0) is 14.4 Å². The van der Waals surface area contributed by atoms with Gasteiger partial charge in [-0.2, -0.15) is 0 Å². The third-order valence-corrected chi connectivity index (χ3v) is 14.2. The van der Waals surface area contributed by atoms with Crippen molar-refractivity contribution >= 4 is 41.5 Å². The van der Waals surface area contributed by atoms with Gasteiger partial charge < -0.3 is 4.43 Å². The molecule has 3 atom stereocenters. The molecule has 0 aliphatic carbocycles. The Balaban J connectivity index is 1.76. The fourth-order valence-electron chi connectivity index (χ4n) is 4.11. The largest absolute Gasteiger partial charge is 0.413 e. The summed E-state index contributed by atoms with van der Waals surface area (Å²) < 4.78 is 36.5. The van der Waals surface area contributed by atoms with Gasteiger partial charge in [0, 0.05) is 29.7 Å². The lowest BCUT2D eigenvalue weighted by Crippen LogP contribution is -2.45. The van der Waals surface area contributed by atoms with Crippen LogP contribution in [0.15, 0.2) is 48.5 Å². The van der Waals surface area contributed by atoms with Crippen molar-refractivity contribution < 1.29 is 12.8 Å². The molecule has 1 N–H and O–H groups in total. The lowest BCUT2D eigenvalue weighted by molar-refractivity contribution is 0.178. The van der Waals surface area contributed by atoms with E-state index in [1.807, 2.05) is 30.3 Å². The molecule has 2 aromatic carbocycles. The SMILES string of the molecule is CC(c1ccc(Cl)cc1Cl)S(=O)(=O)NC(CN1CCC(O[Si](C)(C)C(C)(C)C)C1)c1ccccc1. The summed E-state index contributed by atoms with van der Waals surface area (Å²) in [5.74, 6) is 0. The van der Waals surface area contributed by atoms with Crippen molar-refractivity contribution in [2.75, 3.05) is 19.6 Å². The van der Waals surface area contributed by atoms with Gasteiger partial charge in [-0.05, 0) is 54.7 Å². The van der Waals surface area contributed by atoms with Crippen molar-refractivity contribution in [2.45, 2.75) is 69.6 Å². The standard InChI is InChI=1S/C26H38Cl2N2O3SSi/c1-19(23-13-12-21(27)16-24(23)28)34(31,32)29-25(20-10-8-7-9-11-20)18-30-15-14-22(17-30)33-35(5,6)26(2,3)4/h7-13,16,19,22,25,29H,14-15,17-18H2,1-6H3. The Morgan fingerprint density at radius 1 is 1.14 bits per heavy atom. The fourth-order valence-corrected chi connectivity index (χ4v) is 7.47. The minimum Gasteiger partial charge on any atom is -0.413 e. The summed E-state index contributed by atoms with van der Waals surface area (Å²) in [5.41, 5.74) is 1.46. The molecule has 0 bridgehead atoms. The summed E-state index contributed by atoms with van der Waals surface area (Å²) in [7, 11) is -5.59. The highest BCUT2D eigenvalue weighted by molar-refractivity contribution is 7.89. The van der Waals surface area contributed by atoms with Crippen molar-refractivity contribution in [3.05, 3.63) is 69.7 Å². The second-order valence-corrected chi connectivity index (χ2v) is 18.6. The number of hydrogen-bond acceptors (Lipinski definition) is 4. The van der Waals surface area contributed by atoms with Crippen LogP contribution in [-0.4, -0.2) is 47.4 Å². The summed E-state index contributed by atoms with van der Waals surface area (Å²) in [4.78, 5) is 2.30. The Kier molecular flexibility index (Phi) is 9.17. The van der Waals surface area contributed by atoms with Gasteiger partial charge in [0.1, 0.15) is 0 Å². The Bertz CT molecular complexity index is 1110. The van der Waals surface area contributed by atoms with E-state index in [0.717, 1.165) is 25.1 Å². The summed E-state index contributed by atoms with van der Waals surface area (Å²) in [5, 5.41) is 0.146. The zero-order valence-electron chi connectivity index (χ0n) is 21.5. The van der Waals surface area contributed by atoms with E-state index < -0.39 is 23.6 Å². The smallest absolute Gasteiger partial charge is 0.219 e. The van der Waals surface area contributed by atoms with Crippen LogP contribution < -0.4 is 4.72 Å². The van der Waals surface area contributed by atoms with Crippen LogP contribution in [0.2, 0.25) is 28.2 Å². The van der Waals surface area contributed by atoms with E-state index in [1.54, 1.807) is 25.1 Å². The molecule has 1 aliphatic heterocycles. The predicted molar refractivity (Wildman–Crippen MR) is 149 cm³/mol. The molecule has 3 unspecified atom stereocenters. The summed E-state index contributed by atoms with van der Waals surface area (Å²) >= 11 is 12.3. The highest BCUT2D eigenvalue weighted by Crippen LogP contribution is 2.38. The van der Waals surface area contributed by atoms with Crippen LogP contribution in [0.25, 0.3) is 0 Å². The summed E-state index contributed by atoms with van der Waals surface area (Å²) in [6, 6.07) is 14.3. The zero-order chi connectivity index (χ0) is 26.0. The van der Waals surface area contributed by atoms with Gasteiger partial charge in [-0.3, -0.25) is 4.90 Å². The maximum atomic E-state index is 13.4. The van der Waals surface area contributed by atoms with E-state index in [-0.39, 0.29) is 17.2 Å². The Labute approximate surface area is 222 Å². The van der Waals surface area contributed by atoms with Crippen molar-refractivity contribution in [3.63, 3.8) is 0 Å². The quantitative estimate of drug-likeness (QED) is 0.344. The first kappa shape index (κ1) is 28.6. The molecule has 5 nitrogen and oxygen atoms in total. The van der Waals surface area contributed by atoms with E-state index in [1.165, 1.54) is 0 Å². The molecule has 0 spiro atoms. The molecule has 0 amide bonds. The molecule has 1 heterocycles. The number of sulfonamides is 1. The van der Waals surface area contributed by atoms with Crippen molar-refractivity contribution in [2.24, 2.45) is 0 Å². The van der Waals surface area contributed by atoms with E-state index >= 15 is 0 Å². The summed E-state index contributed by atoms with van der Waals surface area (Å²) in [6.45, 7) is 15.2. The van der Waals surface area contributed by atoms with Gasteiger partial charge in [-0.1, -0.05) is 80.4 Å². The lowest BCUT2D eigenvalue weighted by atomic mass is 10.1. The van der Waals surface area contributed by atoms with E-state index in [2.05, 4.69) is 43.5 Å². The predicted octanol–water partition coefficient (Wildman–Crippen LogP) is 6.81. The number of benzene rings is 2. The third kappa shape index (κ3) is 7.31. The topological polar surface area (TPSA) is 58.6 Å². The number of hydrogen-bond donors (Lipinski definition) is 1. The maximum Gasteiger partial charge on any atom is 0.219 e. The van der Waals surface area contributed by atoms with Crippen LogP contribution in [0, 0.1) is 0 Å². The van der Waals surface area contributed by atoms with Crippen molar-refractivity contribution in [3.8, 4) is 0 Å². The number of likely N-dealkylation sites (tertiary alicyclic amines) is 1. The monoisotopic (exact) mass is 556 g/mol. The Morgan fingerprint density at radius 2 is 1.80 bits per heavy atom. The molecule has 0 saturated carbocycles. The normalized spacial score (nSPS) is 19.6. The van der Waals surface area contributed by atoms with Crippen LogP contribution in [0.1, 0.15) is 56.5 Å².